The van der Waals surface area contributed by atoms with Crippen LogP contribution in [0.2, 0.25) is 0 Å². The maximum Gasteiger partial charge on any atom is 0.241 e. The molecular weight excluding hydrogens is 374 g/mol. The van der Waals surface area contributed by atoms with Gasteiger partial charge in [-0.15, -0.1) is 0 Å². The number of fused-ring (bicyclic) bond motifs is 3. The van der Waals surface area contributed by atoms with E-state index >= 15 is 0 Å². The molecule has 0 aromatic heterocycles. The lowest BCUT2D eigenvalue weighted by atomic mass is 9.66. The summed E-state index contributed by atoms with van der Waals surface area (Å²) in [4.78, 5) is 28.7. The summed E-state index contributed by atoms with van der Waals surface area (Å²) in [7, 11) is 0. The van der Waals surface area contributed by atoms with Gasteiger partial charge in [0.25, 0.3) is 0 Å². The maximum atomic E-state index is 13.8. The maximum absolute atomic E-state index is 13.8. The molecule has 0 bridgehead atoms. The molecule has 2 heterocycles. The van der Waals surface area contributed by atoms with Crippen molar-refractivity contribution in [1.82, 2.24) is 0 Å². The van der Waals surface area contributed by atoms with Crippen LogP contribution in [-0.4, -0.2) is 23.8 Å². The summed E-state index contributed by atoms with van der Waals surface area (Å²) in [6.07, 6.45) is 3.76. The van der Waals surface area contributed by atoms with Gasteiger partial charge < -0.3 is 10.6 Å². The van der Waals surface area contributed by atoms with Crippen LogP contribution in [0, 0.1) is 22.2 Å². The van der Waals surface area contributed by atoms with Crippen molar-refractivity contribution >= 4 is 23.5 Å². The van der Waals surface area contributed by atoms with Crippen molar-refractivity contribution in [1.29, 1.82) is 5.26 Å². The molecule has 2 aromatic rings. The highest BCUT2D eigenvalue weighted by Gasteiger charge is 2.66. The first-order chi connectivity index (χ1) is 14.2. The third-order valence-electron chi connectivity index (χ3n) is 6.30. The van der Waals surface area contributed by atoms with Crippen LogP contribution in [0.25, 0.3) is 6.08 Å². The Morgan fingerprint density at radius 1 is 1.07 bits per heavy atom. The van der Waals surface area contributed by atoms with Gasteiger partial charge in [0.05, 0.1) is 18.2 Å². The number of ketones is 1. The number of nitrogens with two attached hydrogens (primary N) is 1. The van der Waals surface area contributed by atoms with Gasteiger partial charge in [-0.2, -0.15) is 5.26 Å². The zero-order valence-electron chi connectivity index (χ0n) is 17.4. The van der Waals surface area contributed by atoms with Crippen molar-refractivity contribution < 1.29 is 9.59 Å². The molecule has 1 saturated heterocycles. The van der Waals surface area contributed by atoms with E-state index in [1.807, 2.05) is 92.4 Å². The summed E-state index contributed by atoms with van der Waals surface area (Å²) in [5, 5.41) is 10.4. The van der Waals surface area contributed by atoms with Crippen molar-refractivity contribution in [2.75, 3.05) is 4.90 Å². The van der Waals surface area contributed by atoms with E-state index in [0.717, 1.165) is 16.8 Å². The topological polar surface area (TPSA) is 87.2 Å². The van der Waals surface area contributed by atoms with Crippen LogP contribution in [0.15, 0.2) is 60.7 Å². The molecule has 152 valence electrons. The van der Waals surface area contributed by atoms with E-state index in [1.165, 1.54) is 0 Å². The molecule has 5 heteroatoms. The van der Waals surface area contributed by atoms with Crippen LogP contribution in [0.5, 0.6) is 0 Å². The summed E-state index contributed by atoms with van der Waals surface area (Å²) in [5.41, 5.74) is 6.25. The molecule has 0 radical (unpaired) electrons. The van der Waals surface area contributed by atoms with Gasteiger partial charge in [0.1, 0.15) is 0 Å². The van der Waals surface area contributed by atoms with Crippen LogP contribution >= 0.6 is 0 Å². The molecule has 5 nitrogen and oxygen atoms in total. The second-order valence-corrected chi connectivity index (χ2v) is 9.06. The Morgan fingerprint density at radius 3 is 2.30 bits per heavy atom. The molecule has 30 heavy (non-hydrogen) atoms. The van der Waals surface area contributed by atoms with E-state index < -0.39 is 34.7 Å². The molecule has 0 saturated carbocycles. The Kier molecular flexibility index (Phi) is 4.54. The first-order valence-corrected chi connectivity index (χ1v) is 10.1. The minimum absolute atomic E-state index is 0.0233. The molecule has 2 aliphatic heterocycles. The molecule has 0 spiro atoms. The fourth-order valence-electron chi connectivity index (χ4n) is 4.91. The number of rotatable bonds is 3. The molecule has 1 amide bonds. The third-order valence-corrected chi connectivity index (χ3v) is 6.30. The molecule has 4 atom stereocenters. The largest absolute Gasteiger partial charge is 0.368 e. The van der Waals surface area contributed by atoms with E-state index in [1.54, 1.807) is 0 Å². The van der Waals surface area contributed by atoms with Crippen LogP contribution < -0.4 is 10.6 Å². The van der Waals surface area contributed by atoms with E-state index in [4.69, 9.17) is 5.73 Å². The third kappa shape index (κ3) is 2.68. The number of amides is 1. The summed E-state index contributed by atoms with van der Waals surface area (Å²) in [6, 6.07) is 18.0. The fraction of sp³-hybridized carbons (Fsp3) is 0.320. The number of Topliss-reactive ketones (excluding diaryl/α,β-unsaturated/α-hetero) is 1. The van der Waals surface area contributed by atoms with Gasteiger partial charge in [0.15, 0.2) is 11.2 Å². The zero-order chi connectivity index (χ0) is 21.7. The quantitative estimate of drug-likeness (QED) is 0.853. The van der Waals surface area contributed by atoms with E-state index in [0.29, 0.717) is 0 Å². The molecule has 2 N–H and O–H groups in total. The second kappa shape index (κ2) is 6.84. The summed E-state index contributed by atoms with van der Waals surface area (Å²) in [6.45, 7) is 5.61. The number of primary amides is 1. The monoisotopic (exact) mass is 399 g/mol. The van der Waals surface area contributed by atoms with Crippen molar-refractivity contribution in [2.24, 2.45) is 16.6 Å². The average Bonchev–Trinajstić information content (AvgIpc) is 3.04. The van der Waals surface area contributed by atoms with Gasteiger partial charge in [-0.05, 0) is 17.2 Å². The molecule has 2 aliphatic rings. The lowest BCUT2D eigenvalue weighted by Gasteiger charge is -2.37. The number of carbonyl (C=O) groups excluding carboxylic acids is 2. The number of nitrogens with zero attached hydrogens (tertiary/aromatic N) is 2. The first kappa shape index (κ1) is 19.9. The van der Waals surface area contributed by atoms with Gasteiger partial charge in [0, 0.05) is 17.0 Å². The molecular formula is C25H25N3O2. The standard InChI is InChI=1S/C25H25N3O2/c1-24(2,3)22(29)21-20(17-10-5-4-6-11-17)25(15-26,23(27)30)19-14-13-16-9-7-8-12-18(16)28(19)21/h4-14,19-21H,1-3H3,(H2,27,30)/t19-,20-,21+,25-/m1/s1. The van der Waals surface area contributed by atoms with Gasteiger partial charge in [-0.25, -0.2) is 0 Å². The SMILES string of the molecule is CC(C)(C)C(=O)[C@@H]1[C@@H](c2ccccc2)[C@](C#N)(C(N)=O)[C@H]2C=Cc3ccccc3N12. The van der Waals surface area contributed by atoms with Crippen molar-refractivity contribution in [3.63, 3.8) is 0 Å². The van der Waals surface area contributed by atoms with Gasteiger partial charge in [-0.3, -0.25) is 9.59 Å². The number of hydrogen-bond acceptors (Lipinski definition) is 4. The second-order valence-electron chi connectivity index (χ2n) is 9.06. The van der Waals surface area contributed by atoms with Crippen molar-refractivity contribution in [2.45, 2.75) is 38.8 Å². The molecule has 4 rings (SSSR count). The number of anilines is 1. The number of para-hydroxylation sites is 1. The highest BCUT2D eigenvalue weighted by molar-refractivity contribution is 6.00. The van der Waals surface area contributed by atoms with Crippen molar-refractivity contribution in [3.8, 4) is 6.07 Å². The van der Waals surface area contributed by atoms with Gasteiger partial charge in [0.2, 0.25) is 5.91 Å². The summed E-state index contributed by atoms with van der Waals surface area (Å²) in [5.74, 6) is -1.42. The van der Waals surface area contributed by atoms with E-state index in [2.05, 4.69) is 6.07 Å². The number of nitriles is 1. The number of benzene rings is 2. The smallest absolute Gasteiger partial charge is 0.241 e. The normalized spacial score (nSPS) is 27.1. The summed E-state index contributed by atoms with van der Waals surface area (Å²) < 4.78 is 0. The molecule has 0 aliphatic carbocycles. The molecule has 0 unspecified atom stereocenters. The Labute approximate surface area is 176 Å². The van der Waals surface area contributed by atoms with E-state index in [9.17, 15) is 14.9 Å². The average molecular weight is 399 g/mol. The van der Waals surface area contributed by atoms with Crippen LogP contribution in [0.4, 0.5) is 5.69 Å². The number of hydrogen-bond donors (Lipinski definition) is 1. The van der Waals surface area contributed by atoms with Crippen LogP contribution in [-0.2, 0) is 9.59 Å². The predicted octanol–water partition coefficient (Wildman–Crippen LogP) is 3.66. The highest BCUT2D eigenvalue weighted by Crippen LogP contribution is 2.56. The zero-order valence-corrected chi connectivity index (χ0v) is 17.4. The Morgan fingerprint density at radius 2 is 1.70 bits per heavy atom. The summed E-state index contributed by atoms with van der Waals surface area (Å²) >= 11 is 0. The Hall–Kier alpha value is -3.39. The predicted molar refractivity (Wildman–Crippen MR) is 116 cm³/mol. The Balaban J connectivity index is 2.06. The van der Waals surface area contributed by atoms with Crippen LogP contribution in [0.1, 0.15) is 37.8 Å². The van der Waals surface area contributed by atoms with Crippen LogP contribution in [0.3, 0.4) is 0 Å². The lowest BCUT2D eigenvalue weighted by Crippen LogP contribution is -2.49. The fourth-order valence-corrected chi connectivity index (χ4v) is 4.91. The molecule has 1 fully saturated rings. The van der Waals surface area contributed by atoms with Gasteiger partial charge in [-0.1, -0.05) is 81.5 Å². The highest BCUT2D eigenvalue weighted by atomic mass is 16.1. The Bertz CT molecular complexity index is 1080. The van der Waals surface area contributed by atoms with E-state index in [-0.39, 0.29) is 5.78 Å². The van der Waals surface area contributed by atoms with Gasteiger partial charge >= 0.3 is 0 Å². The molecule has 2 aromatic carbocycles. The minimum Gasteiger partial charge on any atom is -0.368 e. The van der Waals surface area contributed by atoms with Crippen molar-refractivity contribution in [3.05, 3.63) is 71.8 Å². The lowest BCUT2D eigenvalue weighted by molar-refractivity contribution is -0.128. The number of carbonyl (C=O) groups is 2. The minimum atomic E-state index is -1.57. The first-order valence-electron chi connectivity index (χ1n) is 10.1.